The Kier molecular flexibility index (Phi) is 6.05. The van der Waals surface area contributed by atoms with Crippen LogP contribution in [0.1, 0.15) is 0 Å². The third kappa shape index (κ3) is 4.30. The maximum Gasteiger partial charge on any atom is 0.238 e. The fourth-order valence-corrected chi connectivity index (χ4v) is 8.73. The Morgan fingerprint density at radius 3 is 1.88 bits per heavy atom. The van der Waals surface area contributed by atoms with Crippen molar-refractivity contribution in [2.75, 3.05) is 0 Å². The van der Waals surface area contributed by atoms with Crippen LogP contribution in [0.3, 0.4) is 0 Å². The molecular weight excluding hydrogens is 645 g/mol. The smallest absolute Gasteiger partial charge is 0.238 e. The van der Waals surface area contributed by atoms with Gasteiger partial charge in [-0.2, -0.15) is 9.97 Å². The summed E-state index contributed by atoms with van der Waals surface area (Å²) < 4.78 is 11.5. The van der Waals surface area contributed by atoms with E-state index in [-0.39, 0.29) is 0 Å². The van der Waals surface area contributed by atoms with E-state index >= 15 is 0 Å². The number of para-hydroxylation sites is 3. The Morgan fingerprint density at radius 1 is 0.451 bits per heavy atom. The Labute approximate surface area is 295 Å². The summed E-state index contributed by atoms with van der Waals surface area (Å²) in [5, 5.41) is 6.98. The van der Waals surface area contributed by atoms with Crippen LogP contribution in [-0.4, -0.2) is 19.5 Å². The van der Waals surface area contributed by atoms with Gasteiger partial charge in [-0.1, -0.05) is 121 Å². The Balaban J connectivity index is 1.13. The van der Waals surface area contributed by atoms with Crippen molar-refractivity contribution in [2.24, 2.45) is 0 Å². The lowest BCUT2D eigenvalue weighted by Gasteiger charge is -2.10. The van der Waals surface area contributed by atoms with E-state index in [0.717, 1.165) is 60.4 Å². The Hall–Kier alpha value is -6.63. The number of furan rings is 1. The molecule has 0 atom stereocenters. The highest BCUT2D eigenvalue weighted by Crippen LogP contribution is 2.44. The largest absolute Gasteiger partial charge is 0.455 e. The number of rotatable bonds is 4. The number of aromatic nitrogens is 4. The van der Waals surface area contributed by atoms with Gasteiger partial charge in [0.05, 0.1) is 11.0 Å². The zero-order valence-electron chi connectivity index (χ0n) is 27.1. The van der Waals surface area contributed by atoms with Gasteiger partial charge in [0.15, 0.2) is 11.6 Å². The highest BCUT2D eigenvalue weighted by Gasteiger charge is 2.20. The standard InChI is InChI=1S/C45H26N4OS/c1-2-12-27(13-3-1)43-46-44(48-45(47-43)49-36-20-7-4-14-29(36)30-15-5-8-21-37(30)49)28-24-25-31-33-18-10-19-34(42(33)50-38(31)26-28)32-17-11-23-40-41(32)35-16-6-9-22-39(35)51-40/h1-26H. The summed E-state index contributed by atoms with van der Waals surface area (Å²) in [7, 11) is 0. The molecule has 0 bridgehead atoms. The molecule has 51 heavy (non-hydrogen) atoms. The van der Waals surface area contributed by atoms with Crippen molar-refractivity contribution in [1.82, 2.24) is 19.5 Å². The highest BCUT2D eigenvalue weighted by atomic mass is 32.1. The van der Waals surface area contributed by atoms with Crippen molar-refractivity contribution >= 4 is 75.3 Å². The summed E-state index contributed by atoms with van der Waals surface area (Å²) in [6.07, 6.45) is 0. The van der Waals surface area contributed by atoms with Crippen molar-refractivity contribution in [3.05, 3.63) is 158 Å². The second kappa shape index (κ2) is 10.9. The summed E-state index contributed by atoms with van der Waals surface area (Å²) in [6, 6.07) is 54.9. The van der Waals surface area contributed by atoms with Crippen LogP contribution in [-0.2, 0) is 0 Å². The van der Waals surface area contributed by atoms with Gasteiger partial charge < -0.3 is 4.42 Å². The molecule has 0 fully saturated rings. The molecule has 7 aromatic carbocycles. The van der Waals surface area contributed by atoms with E-state index < -0.39 is 0 Å². The highest BCUT2D eigenvalue weighted by molar-refractivity contribution is 7.25. The molecule has 0 radical (unpaired) electrons. The molecule has 0 aliphatic rings. The molecule has 6 heteroatoms. The first-order valence-electron chi connectivity index (χ1n) is 16.9. The SMILES string of the molecule is c1ccc(-c2nc(-c3ccc4c(c3)oc3c(-c5cccc6sc7ccccc7c56)cccc34)nc(-n3c4ccccc4c4ccccc43)n2)cc1. The summed E-state index contributed by atoms with van der Waals surface area (Å²) in [5.74, 6) is 1.76. The predicted octanol–water partition coefficient (Wildman–Crippen LogP) is 12.2. The molecule has 0 aliphatic heterocycles. The third-order valence-corrected chi connectivity index (χ3v) is 11.0. The minimum absolute atomic E-state index is 0.569. The normalized spacial score (nSPS) is 11.9. The fraction of sp³-hybridized carbons (Fsp3) is 0. The lowest BCUT2D eigenvalue weighted by Crippen LogP contribution is -2.06. The predicted molar refractivity (Wildman–Crippen MR) is 211 cm³/mol. The molecular formula is C45H26N4OS. The van der Waals surface area contributed by atoms with Gasteiger partial charge in [-0.05, 0) is 42.0 Å². The van der Waals surface area contributed by atoms with E-state index in [0.29, 0.717) is 17.6 Å². The Morgan fingerprint density at radius 2 is 1.08 bits per heavy atom. The molecule has 0 saturated carbocycles. The van der Waals surface area contributed by atoms with E-state index in [1.54, 1.807) is 0 Å². The first-order chi connectivity index (χ1) is 25.3. The first-order valence-corrected chi connectivity index (χ1v) is 17.8. The molecule has 5 nitrogen and oxygen atoms in total. The molecule has 11 rings (SSSR count). The summed E-state index contributed by atoms with van der Waals surface area (Å²) in [4.78, 5) is 15.3. The molecule has 0 saturated heterocycles. The molecule has 11 aromatic rings. The van der Waals surface area contributed by atoms with E-state index in [4.69, 9.17) is 19.4 Å². The number of thiophene rings is 1. The van der Waals surface area contributed by atoms with Gasteiger partial charge in [0.2, 0.25) is 5.95 Å². The summed E-state index contributed by atoms with van der Waals surface area (Å²) in [5.41, 5.74) is 7.79. The average Bonchev–Trinajstić information content (AvgIpc) is 3.87. The molecule has 0 amide bonds. The van der Waals surface area contributed by atoms with Crippen LogP contribution in [0, 0.1) is 0 Å². The van der Waals surface area contributed by atoms with E-state index in [9.17, 15) is 0 Å². The minimum Gasteiger partial charge on any atom is -0.455 e. The second-order valence-electron chi connectivity index (χ2n) is 12.8. The van der Waals surface area contributed by atoms with Crippen LogP contribution in [0.25, 0.3) is 104 Å². The fourth-order valence-electron chi connectivity index (χ4n) is 7.60. The van der Waals surface area contributed by atoms with E-state index in [1.165, 1.54) is 25.7 Å². The average molecular weight is 671 g/mol. The molecule has 0 N–H and O–H groups in total. The van der Waals surface area contributed by atoms with Crippen LogP contribution >= 0.6 is 11.3 Å². The monoisotopic (exact) mass is 670 g/mol. The van der Waals surface area contributed by atoms with Crippen LogP contribution in [0.15, 0.2) is 162 Å². The maximum absolute atomic E-state index is 6.80. The quantitative estimate of drug-likeness (QED) is 0.187. The van der Waals surface area contributed by atoms with Gasteiger partial charge in [-0.25, -0.2) is 4.98 Å². The van der Waals surface area contributed by atoms with Crippen LogP contribution in [0.4, 0.5) is 0 Å². The van der Waals surface area contributed by atoms with Crippen molar-refractivity contribution in [1.29, 1.82) is 0 Å². The van der Waals surface area contributed by atoms with Crippen LogP contribution in [0.5, 0.6) is 0 Å². The van der Waals surface area contributed by atoms with Gasteiger partial charge in [0.1, 0.15) is 11.2 Å². The van der Waals surface area contributed by atoms with Crippen LogP contribution in [0.2, 0.25) is 0 Å². The van der Waals surface area contributed by atoms with Gasteiger partial charge >= 0.3 is 0 Å². The second-order valence-corrected chi connectivity index (χ2v) is 13.9. The number of benzene rings is 7. The van der Waals surface area contributed by atoms with Crippen molar-refractivity contribution in [2.45, 2.75) is 0 Å². The zero-order chi connectivity index (χ0) is 33.5. The number of hydrogen-bond donors (Lipinski definition) is 0. The van der Waals surface area contributed by atoms with Gasteiger partial charge in [-0.15, -0.1) is 11.3 Å². The van der Waals surface area contributed by atoms with Gasteiger partial charge in [-0.3, -0.25) is 4.57 Å². The molecule has 238 valence electrons. The molecule has 0 unspecified atom stereocenters. The lowest BCUT2D eigenvalue weighted by atomic mass is 9.97. The van der Waals surface area contributed by atoms with Crippen molar-refractivity contribution < 1.29 is 4.42 Å². The Bertz CT molecular complexity index is 3100. The summed E-state index contributed by atoms with van der Waals surface area (Å²) in [6.45, 7) is 0. The zero-order valence-corrected chi connectivity index (χ0v) is 27.9. The molecule has 0 aliphatic carbocycles. The molecule has 4 aromatic heterocycles. The number of hydrogen-bond acceptors (Lipinski definition) is 5. The lowest BCUT2D eigenvalue weighted by molar-refractivity contribution is 0.670. The van der Waals surface area contributed by atoms with E-state index in [2.05, 4.69) is 132 Å². The number of fused-ring (bicyclic) bond motifs is 9. The molecule has 0 spiro atoms. The molecule has 4 heterocycles. The van der Waals surface area contributed by atoms with Crippen molar-refractivity contribution in [3.8, 4) is 39.9 Å². The van der Waals surface area contributed by atoms with Gasteiger partial charge in [0.25, 0.3) is 0 Å². The van der Waals surface area contributed by atoms with Crippen LogP contribution < -0.4 is 0 Å². The first kappa shape index (κ1) is 28.2. The van der Waals surface area contributed by atoms with Gasteiger partial charge in [0, 0.05) is 58.4 Å². The minimum atomic E-state index is 0.569. The number of nitrogens with zero attached hydrogens (tertiary/aromatic N) is 4. The van der Waals surface area contributed by atoms with Crippen molar-refractivity contribution in [3.63, 3.8) is 0 Å². The topological polar surface area (TPSA) is 56.7 Å². The maximum atomic E-state index is 6.80. The summed E-state index contributed by atoms with van der Waals surface area (Å²) >= 11 is 1.83. The third-order valence-electron chi connectivity index (χ3n) is 9.89. The van der Waals surface area contributed by atoms with E-state index in [1.807, 2.05) is 41.7 Å².